The van der Waals surface area contributed by atoms with Gasteiger partial charge in [0.15, 0.2) is 0 Å². The Labute approximate surface area is 130 Å². The molecule has 3 rings (SSSR count). The van der Waals surface area contributed by atoms with Crippen LogP contribution in [-0.2, 0) is 0 Å². The summed E-state index contributed by atoms with van der Waals surface area (Å²) in [5, 5.41) is 6.79. The first-order chi connectivity index (χ1) is 11.1. The molecule has 0 spiro atoms. The Morgan fingerprint density at radius 3 is 2.48 bits per heavy atom. The number of benzene rings is 1. The van der Waals surface area contributed by atoms with E-state index in [0.717, 1.165) is 5.56 Å². The van der Waals surface area contributed by atoms with E-state index in [1.165, 1.54) is 6.07 Å². The fourth-order valence-electron chi connectivity index (χ4n) is 2.27. The topological polar surface area (TPSA) is 60.9 Å². The van der Waals surface area contributed by atoms with Crippen LogP contribution in [0.3, 0.4) is 0 Å². The highest BCUT2D eigenvalue weighted by Gasteiger charge is 2.18. The molecular formula is C16H13F2N3O2. The summed E-state index contributed by atoms with van der Waals surface area (Å²) in [5.74, 6) is -0.862. The molecule has 0 aliphatic rings. The number of aromatic nitrogens is 3. The van der Waals surface area contributed by atoms with Crippen LogP contribution in [-0.4, -0.2) is 14.8 Å². The van der Waals surface area contributed by atoms with Gasteiger partial charge in [-0.05, 0) is 18.6 Å². The van der Waals surface area contributed by atoms with Gasteiger partial charge < -0.3 is 8.98 Å². The highest BCUT2D eigenvalue weighted by molar-refractivity contribution is 5.51. The lowest BCUT2D eigenvalue weighted by molar-refractivity contribution is 0.116. The predicted molar refractivity (Wildman–Crippen MR) is 79.2 cm³/mol. The van der Waals surface area contributed by atoms with Crippen LogP contribution < -0.4 is 5.56 Å². The minimum atomic E-state index is -2.84. The van der Waals surface area contributed by atoms with Gasteiger partial charge in [0.2, 0.25) is 5.89 Å². The zero-order valence-electron chi connectivity index (χ0n) is 12.2. The number of halogens is 2. The molecule has 3 aromatic rings. The molecule has 118 valence electrons. The van der Waals surface area contributed by atoms with Crippen molar-refractivity contribution < 1.29 is 13.2 Å². The zero-order valence-corrected chi connectivity index (χ0v) is 12.2. The van der Waals surface area contributed by atoms with Crippen LogP contribution in [0.2, 0.25) is 0 Å². The molecule has 2 aromatic heterocycles. The number of rotatable bonds is 4. The third-order valence-corrected chi connectivity index (χ3v) is 3.52. The third kappa shape index (κ3) is 3.03. The van der Waals surface area contributed by atoms with E-state index in [1.807, 2.05) is 37.3 Å². The molecule has 1 unspecified atom stereocenters. The van der Waals surface area contributed by atoms with Gasteiger partial charge in [0, 0.05) is 17.8 Å². The molecule has 0 bridgehead atoms. The molecule has 0 amide bonds. The quantitative estimate of drug-likeness (QED) is 0.739. The lowest BCUT2D eigenvalue weighted by Gasteiger charge is -2.15. The van der Waals surface area contributed by atoms with Gasteiger partial charge in [0.1, 0.15) is 0 Å². The second kappa shape index (κ2) is 6.12. The van der Waals surface area contributed by atoms with Crippen molar-refractivity contribution in [2.24, 2.45) is 0 Å². The first kappa shape index (κ1) is 15.1. The average Bonchev–Trinajstić information content (AvgIpc) is 3.05. The van der Waals surface area contributed by atoms with Gasteiger partial charge in [-0.25, -0.2) is 0 Å². The summed E-state index contributed by atoms with van der Waals surface area (Å²) in [6, 6.07) is 12.3. The van der Waals surface area contributed by atoms with Gasteiger partial charge in [-0.1, -0.05) is 30.3 Å². The summed E-state index contributed by atoms with van der Waals surface area (Å²) in [6.45, 7) is 1.90. The second-order valence-electron chi connectivity index (χ2n) is 4.99. The van der Waals surface area contributed by atoms with Gasteiger partial charge in [-0.15, -0.1) is 10.2 Å². The minimum absolute atomic E-state index is 0.100. The van der Waals surface area contributed by atoms with Crippen molar-refractivity contribution in [1.82, 2.24) is 14.8 Å². The normalized spacial score (nSPS) is 12.5. The van der Waals surface area contributed by atoms with Crippen LogP contribution in [0, 0.1) is 0 Å². The second-order valence-corrected chi connectivity index (χ2v) is 4.99. The Morgan fingerprint density at radius 1 is 1.13 bits per heavy atom. The molecule has 0 N–H and O–H groups in total. The first-order valence-corrected chi connectivity index (χ1v) is 6.95. The first-order valence-electron chi connectivity index (χ1n) is 6.95. The fourth-order valence-corrected chi connectivity index (χ4v) is 2.27. The number of hydrogen-bond acceptors (Lipinski definition) is 4. The number of alkyl halides is 2. The Bertz CT molecular complexity index is 859. The summed E-state index contributed by atoms with van der Waals surface area (Å²) in [4.78, 5) is 12.3. The lowest BCUT2D eigenvalue weighted by Crippen LogP contribution is -2.22. The number of pyridine rings is 1. The smallest absolute Gasteiger partial charge is 0.314 e. The third-order valence-electron chi connectivity index (χ3n) is 3.52. The molecule has 0 radical (unpaired) electrons. The predicted octanol–water partition coefficient (Wildman–Crippen LogP) is 3.45. The fraction of sp³-hybridized carbons (Fsp3) is 0.188. The van der Waals surface area contributed by atoms with E-state index in [4.69, 9.17) is 4.42 Å². The molecule has 0 fully saturated rings. The van der Waals surface area contributed by atoms with Crippen molar-refractivity contribution in [2.75, 3.05) is 0 Å². The Morgan fingerprint density at radius 2 is 1.87 bits per heavy atom. The Balaban J connectivity index is 1.93. The van der Waals surface area contributed by atoms with Crippen molar-refractivity contribution in [1.29, 1.82) is 0 Å². The maximum atomic E-state index is 12.5. The van der Waals surface area contributed by atoms with E-state index in [2.05, 4.69) is 10.2 Å². The largest absolute Gasteiger partial charge is 0.415 e. The molecule has 0 saturated carbocycles. The van der Waals surface area contributed by atoms with Crippen molar-refractivity contribution in [3.8, 4) is 11.5 Å². The van der Waals surface area contributed by atoms with Gasteiger partial charge in [0.05, 0.1) is 6.04 Å². The number of hydrogen-bond donors (Lipinski definition) is 0. The summed E-state index contributed by atoms with van der Waals surface area (Å²) < 4.78 is 31.3. The standard InChI is InChI=1S/C16H13F2N3O2/c1-10(11-5-3-2-4-6-11)21-8-7-12(9-13(21)22)15-19-20-16(23-15)14(17)18/h2-10,14H,1H3. The van der Waals surface area contributed by atoms with Crippen LogP contribution in [0.25, 0.3) is 11.5 Å². The van der Waals surface area contributed by atoms with E-state index in [0.29, 0.717) is 5.56 Å². The van der Waals surface area contributed by atoms with Crippen molar-refractivity contribution >= 4 is 0 Å². The molecule has 2 heterocycles. The van der Waals surface area contributed by atoms with Crippen LogP contribution in [0.5, 0.6) is 0 Å². The highest BCUT2D eigenvalue weighted by Crippen LogP contribution is 2.23. The molecule has 0 aliphatic heterocycles. The average molecular weight is 317 g/mol. The minimum Gasteiger partial charge on any atom is -0.415 e. The van der Waals surface area contributed by atoms with Crippen LogP contribution in [0.4, 0.5) is 8.78 Å². The summed E-state index contributed by atoms with van der Waals surface area (Å²) >= 11 is 0. The van der Waals surface area contributed by atoms with E-state index < -0.39 is 12.3 Å². The summed E-state index contributed by atoms with van der Waals surface area (Å²) in [5.41, 5.74) is 1.02. The maximum Gasteiger partial charge on any atom is 0.314 e. The summed E-state index contributed by atoms with van der Waals surface area (Å²) in [6.07, 6.45) is -1.25. The van der Waals surface area contributed by atoms with Crippen molar-refractivity contribution in [3.63, 3.8) is 0 Å². The maximum absolute atomic E-state index is 12.5. The summed E-state index contributed by atoms with van der Waals surface area (Å²) in [7, 11) is 0. The Kier molecular flexibility index (Phi) is 4.01. The van der Waals surface area contributed by atoms with Crippen LogP contribution in [0.15, 0.2) is 57.9 Å². The molecule has 23 heavy (non-hydrogen) atoms. The van der Waals surface area contributed by atoms with Crippen LogP contribution in [0.1, 0.15) is 30.8 Å². The monoisotopic (exact) mass is 317 g/mol. The van der Waals surface area contributed by atoms with E-state index >= 15 is 0 Å². The van der Waals surface area contributed by atoms with Crippen molar-refractivity contribution in [2.45, 2.75) is 19.4 Å². The van der Waals surface area contributed by atoms with Gasteiger partial charge >= 0.3 is 6.43 Å². The van der Waals surface area contributed by atoms with Gasteiger partial charge in [-0.3, -0.25) is 4.79 Å². The molecular weight excluding hydrogens is 304 g/mol. The molecule has 0 aliphatic carbocycles. The molecule has 7 heteroatoms. The number of nitrogens with zero attached hydrogens (tertiary/aromatic N) is 3. The zero-order chi connectivity index (χ0) is 16.4. The van der Waals surface area contributed by atoms with E-state index in [1.54, 1.807) is 16.8 Å². The van der Waals surface area contributed by atoms with Gasteiger partial charge in [-0.2, -0.15) is 8.78 Å². The van der Waals surface area contributed by atoms with Crippen LogP contribution >= 0.6 is 0 Å². The molecule has 5 nitrogen and oxygen atoms in total. The molecule has 1 aromatic carbocycles. The SMILES string of the molecule is CC(c1ccccc1)n1ccc(-c2nnc(C(F)F)o2)cc1=O. The lowest BCUT2D eigenvalue weighted by atomic mass is 10.1. The van der Waals surface area contributed by atoms with Gasteiger partial charge in [0.25, 0.3) is 11.4 Å². The molecule has 0 saturated heterocycles. The van der Waals surface area contributed by atoms with E-state index in [9.17, 15) is 13.6 Å². The highest BCUT2D eigenvalue weighted by atomic mass is 19.3. The van der Waals surface area contributed by atoms with E-state index in [-0.39, 0.29) is 17.5 Å². The molecule has 1 atom stereocenters. The Hall–Kier alpha value is -2.83. The van der Waals surface area contributed by atoms with Crippen molar-refractivity contribution in [3.05, 3.63) is 70.5 Å².